The predicted octanol–water partition coefficient (Wildman–Crippen LogP) is 3.59. The van der Waals surface area contributed by atoms with Crippen LogP contribution in [0.15, 0.2) is 59.1 Å². The van der Waals surface area contributed by atoms with Crippen molar-refractivity contribution in [3.63, 3.8) is 0 Å². The van der Waals surface area contributed by atoms with E-state index in [4.69, 9.17) is 24.9 Å². The summed E-state index contributed by atoms with van der Waals surface area (Å²) in [5, 5.41) is 28.6. The van der Waals surface area contributed by atoms with Gasteiger partial charge in [0, 0.05) is 73.5 Å². The van der Waals surface area contributed by atoms with Gasteiger partial charge in [-0.2, -0.15) is 5.10 Å². The number of carbonyl (C=O) groups is 4. The van der Waals surface area contributed by atoms with E-state index >= 15 is 0 Å². The number of ether oxygens (including phenoxy) is 3. The van der Waals surface area contributed by atoms with Crippen molar-refractivity contribution in [2.24, 2.45) is 10.7 Å². The molecule has 22 nitrogen and oxygen atoms in total. The number of amides is 4. The summed E-state index contributed by atoms with van der Waals surface area (Å²) in [5.41, 5.74) is 11.6. The van der Waals surface area contributed by atoms with Crippen molar-refractivity contribution in [1.29, 1.82) is 0 Å². The Kier molecular flexibility index (Phi) is 13.9. The second-order valence-corrected chi connectivity index (χ2v) is 19.0. The van der Waals surface area contributed by atoms with Gasteiger partial charge in [0.25, 0.3) is 17.7 Å². The lowest BCUT2D eigenvalue weighted by molar-refractivity contribution is -0.118. The van der Waals surface area contributed by atoms with Crippen molar-refractivity contribution in [2.45, 2.75) is 110 Å². The third kappa shape index (κ3) is 9.92. The number of nitrogens with zero attached hydrogens (tertiary/aromatic N) is 10. The lowest BCUT2D eigenvalue weighted by Crippen LogP contribution is -2.49. The number of rotatable bonds is 11. The Morgan fingerprint density at radius 3 is 2.38 bits per heavy atom. The van der Waals surface area contributed by atoms with Crippen LogP contribution in [0.25, 0.3) is 11.0 Å². The normalized spacial score (nSPS) is 22.9. The van der Waals surface area contributed by atoms with Crippen LogP contribution in [0.5, 0.6) is 11.5 Å². The number of aryl methyl sites for hydroxylation is 2. The maximum atomic E-state index is 14.3. The molecule has 4 aliphatic heterocycles. The summed E-state index contributed by atoms with van der Waals surface area (Å²) in [4.78, 5) is 69.4. The molecule has 2 fully saturated rings. The molecule has 5 aromatic rings. The molecule has 22 heteroatoms. The van der Waals surface area contributed by atoms with Crippen molar-refractivity contribution >= 4 is 52.0 Å². The van der Waals surface area contributed by atoms with Crippen molar-refractivity contribution in [2.75, 3.05) is 56.3 Å². The number of nitrogens with two attached hydrogens (primary N) is 1. The molecule has 2 aromatic carbocycles. The van der Waals surface area contributed by atoms with Crippen LogP contribution in [0.1, 0.15) is 107 Å². The third-order valence-corrected chi connectivity index (χ3v) is 14.3. The predicted molar refractivity (Wildman–Crippen MR) is 266 cm³/mol. The first-order valence-corrected chi connectivity index (χ1v) is 24.9. The van der Waals surface area contributed by atoms with E-state index in [-0.39, 0.29) is 67.1 Å². The number of morpholine rings is 1. The summed E-state index contributed by atoms with van der Waals surface area (Å²) < 4.78 is 23.0. The van der Waals surface area contributed by atoms with Crippen molar-refractivity contribution in [3.8, 4) is 11.5 Å². The number of tetrazole rings is 1. The molecule has 3 aromatic heterocycles. The number of carbonyl (C=O) groups excluding carboxylic acids is 4. The summed E-state index contributed by atoms with van der Waals surface area (Å²) >= 11 is 0. The summed E-state index contributed by atoms with van der Waals surface area (Å²) in [6.07, 6.45) is 9.43. The molecule has 0 spiro atoms. The van der Waals surface area contributed by atoms with E-state index in [0.29, 0.717) is 97.3 Å². The number of imidazole rings is 1. The van der Waals surface area contributed by atoms with Crippen molar-refractivity contribution in [3.05, 3.63) is 88.0 Å². The Bertz CT molecular complexity index is 2960. The maximum Gasteiger partial charge on any atom is 0.276 e. The highest BCUT2D eigenvalue weighted by molar-refractivity contribution is 6.07. The smallest absolute Gasteiger partial charge is 0.276 e. The van der Waals surface area contributed by atoms with Gasteiger partial charge in [0.2, 0.25) is 11.9 Å². The van der Waals surface area contributed by atoms with Crippen LogP contribution in [-0.4, -0.2) is 145 Å². The molecule has 378 valence electrons. The molecule has 0 bridgehead atoms. The number of nitrogens with one attached hydrogen (secondary N) is 4. The van der Waals surface area contributed by atoms with Gasteiger partial charge in [-0.15, -0.1) is 5.10 Å². The van der Waals surface area contributed by atoms with Crippen LogP contribution >= 0.6 is 0 Å². The fraction of sp³-hybridized carbons (Fsp3) is 0.480. The number of anilines is 2. The first-order valence-electron chi connectivity index (χ1n) is 24.9. The average Bonchev–Trinajstić information content (AvgIpc) is 4.24. The number of primary amides is 1. The van der Waals surface area contributed by atoms with Crippen molar-refractivity contribution < 1.29 is 33.4 Å². The molecule has 3 atom stereocenters. The molecule has 5 aliphatic rings. The second kappa shape index (κ2) is 20.7. The van der Waals surface area contributed by atoms with Crippen LogP contribution in [0.2, 0.25) is 0 Å². The van der Waals surface area contributed by atoms with Gasteiger partial charge >= 0.3 is 0 Å². The first kappa shape index (κ1) is 48.2. The quantitative estimate of drug-likeness (QED) is 0.119. The van der Waals surface area contributed by atoms with Gasteiger partial charge < -0.3 is 40.0 Å². The number of aromatic amines is 1. The summed E-state index contributed by atoms with van der Waals surface area (Å²) in [5.74, 6) is 0.509. The summed E-state index contributed by atoms with van der Waals surface area (Å²) in [7, 11) is 0. The number of hydrogen-bond acceptors (Lipinski definition) is 15. The van der Waals surface area contributed by atoms with Gasteiger partial charge in [0.1, 0.15) is 42.1 Å². The SMILES string of the molecule is CC[C@@H]1N=C(C)C=C1C(=O)NC1Cc2cc(C(N)=O)cc3c2N1C/C=C/Cn1c(NC(=O)c2cc(C)nn2CC)nc2cc(C(=O)N[C@H]4CC[C@H](c5nnn[nH]5)CC4)cc(c21)OCC(N1CCOCC1)CO3. The van der Waals surface area contributed by atoms with Crippen LogP contribution in [0.3, 0.4) is 0 Å². The van der Waals surface area contributed by atoms with Gasteiger partial charge in [-0.25, -0.2) is 10.1 Å². The minimum atomic E-state index is -0.604. The molecular weight excluding hydrogens is 923 g/mol. The van der Waals surface area contributed by atoms with Gasteiger partial charge in [0.05, 0.1) is 42.2 Å². The van der Waals surface area contributed by atoms with E-state index in [1.165, 1.54) is 0 Å². The largest absolute Gasteiger partial charge is 0.490 e. The fourth-order valence-corrected chi connectivity index (χ4v) is 10.6. The first-order chi connectivity index (χ1) is 34.9. The number of benzene rings is 2. The molecule has 10 rings (SSSR count). The van der Waals surface area contributed by atoms with E-state index in [1.807, 2.05) is 50.5 Å². The fourth-order valence-electron chi connectivity index (χ4n) is 10.6. The summed E-state index contributed by atoms with van der Waals surface area (Å²) in [6, 6.07) is 7.98. The summed E-state index contributed by atoms with van der Waals surface area (Å²) in [6.45, 7) is 11.2. The molecule has 7 heterocycles. The van der Waals surface area contributed by atoms with Crippen LogP contribution < -0.4 is 36.1 Å². The lowest BCUT2D eigenvalue weighted by Gasteiger charge is -2.34. The van der Waals surface area contributed by atoms with E-state index in [0.717, 1.165) is 48.5 Å². The molecule has 72 heavy (non-hydrogen) atoms. The zero-order chi connectivity index (χ0) is 50.0. The third-order valence-electron chi connectivity index (χ3n) is 14.3. The zero-order valence-corrected chi connectivity index (χ0v) is 41.0. The Labute approximate surface area is 415 Å². The lowest BCUT2D eigenvalue weighted by atomic mass is 9.85. The van der Waals surface area contributed by atoms with Gasteiger partial charge in [-0.1, -0.05) is 19.1 Å². The van der Waals surface area contributed by atoms with Crippen LogP contribution in [0.4, 0.5) is 11.6 Å². The van der Waals surface area contributed by atoms with Crippen LogP contribution in [-0.2, 0) is 29.0 Å². The van der Waals surface area contributed by atoms with E-state index in [1.54, 1.807) is 35.0 Å². The maximum absolute atomic E-state index is 14.3. The molecular formula is C50H61N15O7. The minimum Gasteiger partial charge on any atom is -0.490 e. The standard InChI is InChI=1S/C50H61N15O7/c1-5-37-36(19-28(3)52-37)48(68)55-42-25-31-21-32(45(51)66)23-40-43(31)63(42)13-7-8-14-64-44-38(54-50(64)56-49(69)39-20-29(4)59-65(39)6-2)22-33(24-41(44)72-27-35(26-71-40)62-15-17-70-18-16-62)47(67)53-34-11-9-30(10-12-34)46-57-60-61-58-46/h7-8,19-24,30,34-35,37,42H,5-6,9-18,25-27H2,1-4H3,(H2,51,66)(H,53,67)(H,55,68)(H,54,56,69)(H,57,58,60,61)/b8-7+/t30-,34-,35?,37-,42?/m0/s1. The molecule has 6 N–H and O–H groups in total. The molecule has 2 unspecified atom stereocenters. The molecule has 0 radical (unpaired) electrons. The Morgan fingerprint density at radius 1 is 0.875 bits per heavy atom. The van der Waals surface area contributed by atoms with E-state index in [9.17, 15) is 19.2 Å². The monoisotopic (exact) mass is 983 g/mol. The Hall–Kier alpha value is -7.46. The topological polar surface area (TPSA) is 267 Å². The van der Waals surface area contributed by atoms with Gasteiger partial charge in [-0.3, -0.25) is 39.1 Å². The highest BCUT2D eigenvalue weighted by Crippen LogP contribution is 2.42. The average molecular weight is 984 g/mol. The van der Waals surface area contributed by atoms with Gasteiger partial charge in [0.15, 0.2) is 5.82 Å². The second-order valence-electron chi connectivity index (χ2n) is 19.0. The van der Waals surface area contributed by atoms with Gasteiger partial charge in [-0.05, 0) is 105 Å². The van der Waals surface area contributed by atoms with Crippen molar-refractivity contribution in [1.82, 2.24) is 55.5 Å². The highest BCUT2D eigenvalue weighted by atomic mass is 16.5. The van der Waals surface area contributed by atoms with Crippen LogP contribution in [0, 0.1) is 6.92 Å². The number of H-pyrrole nitrogens is 1. The molecule has 1 aliphatic carbocycles. The Balaban J connectivity index is 1.03. The van der Waals surface area contributed by atoms with E-state index in [2.05, 4.69) is 56.5 Å². The molecule has 1 saturated heterocycles. The highest BCUT2D eigenvalue weighted by Gasteiger charge is 2.37. The Morgan fingerprint density at radius 2 is 1.64 bits per heavy atom. The minimum absolute atomic E-state index is 0.0736. The zero-order valence-electron chi connectivity index (χ0n) is 41.0. The number of aromatic nitrogens is 8. The number of hydrogen-bond donors (Lipinski definition) is 5. The molecule has 1 saturated carbocycles. The molecule has 4 amide bonds. The van der Waals surface area contributed by atoms with E-state index < -0.39 is 18.0 Å². The number of allylic oxidation sites excluding steroid dienone is 2. The number of aliphatic imine (C=N–C) groups is 1.